The van der Waals surface area contributed by atoms with Crippen LogP contribution in [0.2, 0.25) is 0 Å². The summed E-state index contributed by atoms with van der Waals surface area (Å²) in [6.07, 6.45) is 1.07. The van der Waals surface area contributed by atoms with Crippen LogP contribution in [-0.4, -0.2) is 19.7 Å². The van der Waals surface area contributed by atoms with E-state index < -0.39 is 0 Å². The van der Waals surface area contributed by atoms with Gasteiger partial charge in [0.25, 0.3) is 0 Å². The third-order valence-electron chi connectivity index (χ3n) is 3.01. The lowest BCUT2D eigenvalue weighted by molar-refractivity contribution is -0.138. The summed E-state index contributed by atoms with van der Waals surface area (Å²) in [5.41, 5.74) is 1.39. The molecule has 0 fully saturated rings. The fourth-order valence-corrected chi connectivity index (χ4v) is 1.46. The first-order valence-electron chi connectivity index (χ1n) is 5.79. The molecular formula is C14H20O3. The van der Waals surface area contributed by atoms with Crippen molar-refractivity contribution in [2.24, 2.45) is 0 Å². The molecule has 0 saturated carbocycles. The second-order valence-corrected chi connectivity index (χ2v) is 4.67. The molecule has 1 rings (SSSR count). The van der Waals surface area contributed by atoms with Gasteiger partial charge in [-0.05, 0) is 29.5 Å². The SMILES string of the molecule is CCC(C)(C)c1ccc(OC(=O)COC)cc1. The lowest BCUT2D eigenvalue weighted by atomic mass is 9.82. The van der Waals surface area contributed by atoms with Crippen LogP contribution in [0.15, 0.2) is 24.3 Å². The second-order valence-electron chi connectivity index (χ2n) is 4.67. The van der Waals surface area contributed by atoms with Gasteiger partial charge in [-0.25, -0.2) is 4.79 Å². The first kappa shape index (κ1) is 13.7. The highest BCUT2D eigenvalue weighted by molar-refractivity contribution is 5.73. The monoisotopic (exact) mass is 236 g/mol. The lowest BCUT2D eigenvalue weighted by Gasteiger charge is -2.23. The number of esters is 1. The molecule has 0 atom stereocenters. The third kappa shape index (κ3) is 3.86. The van der Waals surface area contributed by atoms with Gasteiger partial charge in [0.1, 0.15) is 12.4 Å². The van der Waals surface area contributed by atoms with E-state index in [0.29, 0.717) is 5.75 Å². The normalized spacial score (nSPS) is 11.3. The predicted octanol–water partition coefficient (Wildman–Crippen LogP) is 2.93. The number of rotatable bonds is 5. The second kappa shape index (κ2) is 5.82. The lowest BCUT2D eigenvalue weighted by Crippen LogP contribution is -2.16. The third-order valence-corrected chi connectivity index (χ3v) is 3.01. The van der Waals surface area contributed by atoms with Gasteiger partial charge in [-0.1, -0.05) is 32.9 Å². The zero-order valence-corrected chi connectivity index (χ0v) is 10.9. The van der Waals surface area contributed by atoms with Crippen molar-refractivity contribution >= 4 is 5.97 Å². The zero-order chi connectivity index (χ0) is 12.9. The number of methoxy groups -OCH3 is 1. The van der Waals surface area contributed by atoms with Gasteiger partial charge in [-0.3, -0.25) is 0 Å². The molecule has 0 spiro atoms. The molecule has 0 radical (unpaired) electrons. The number of carbonyl (C=O) groups excluding carboxylic acids is 1. The van der Waals surface area contributed by atoms with E-state index in [1.54, 1.807) is 0 Å². The fourth-order valence-electron chi connectivity index (χ4n) is 1.46. The molecule has 0 bridgehead atoms. The predicted molar refractivity (Wildman–Crippen MR) is 67.3 cm³/mol. The van der Waals surface area contributed by atoms with Crippen molar-refractivity contribution in [2.75, 3.05) is 13.7 Å². The Morgan fingerprint density at radius 1 is 1.24 bits per heavy atom. The molecule has 0 aromatic heterocycles. The van der Waals surface area contributed by atoms with Gasteiger partial charge in [0.2, 0.25) is 0 Å². The maximum atomic E-state index is 11.2. The summed E-state index contributed by atoms with van der Waals surface area (Å²) in [4.78, 5) is 11.2. The first-order valence-corrected chi connectivity index (χ1v) is 5.79. The maximum Gasteiger partial charge on any atom is 0.337 e. The molecule has 1 aromatic carbocycles. The van der Waals surface area contributed by atoms with Gasteiger partial charge in [0, 0.05) is 7.11 Å². The Balaban J connectivity index is 2.72. The summed E-state index contributed by atoms with van der Waals surface area (Å²) in [6, 6.07) is 7.64. The van der Waals surface area contributed by atoms with Crippen LogP contribution < -0.4 is 4.74 Å². The van der Waals surface area contributed by atoms with Gasteiger partial charge < -0.3 is 9.47 Å². The van der Waals surface area contributed by atoms with E-state index in [0.717, 1.165) is 6.42 Å². The van der Waals surface area contributed by atoms with Crippen LogP contribution in [0.5, 0.6) is 5.75 Å². The molecule has 0 unspecified atom stereocenters. The molecule has 0 N–H and O–H groups in total. The van der Waals surface area contributed by atoms with E-state index in [2.05, 4.69) is 20.8 Å². The van der Waals surface area contributed by atoms with Crippen molar-refractivity contribution in [3.05, 3.63) is 29.8 Å². The van der Waals surface area contributed by atoms with E-state index in [9.17, 15) is 4.79 Å². The molecule has 0 aliphatic carbocycles. The van der Waals surface area contributed by atoms with Gasteiger partial charge in [0.15, 0.2) is 0 Å². The topological polar surface area (TPSA) is 35.5 Å². The van der Waals surface area contributed by atoms with Crippen molar-refractivity contribution in [1.29, 1.82) is 0 Å². The van der Waals surface area contributed by atoms with Gasteiger partial charge in [0.05, 0.1) is 0 Å². The number of benzene rings is 1. The van der Waals surface area contributed by atoms with Crippen LogP contribution in [0.25, 0.3) is 0 Å². The van der Waals surface area contributed by atoms with E-state index in [4.69, 9.17) is 9.47 Å². The molecule has 0 aliphatic heterocycles. The van der Waals surface area contributed by atoms with Crippen LogP contribution >= 0.6 is 0 Å². The average molecular weight is 236 g/mol. The van der Waals surface area contributed by atoms with Gasteiger partial charge >= 0.3 is 5.97 Å². The van der Waals surface area contributed by atoms with Gasteiger partial charge in [-0.15, -0.1) is 0 Å². The smallest absolute Gasteiger partial charge is 0.337 e. The number of ether oxygens (including phenoxy) is 2. The standard InChI is InChI=1S/C14H20O3/c1-5-14(2,3)11-6-8-12(9-7-11)17-13(15)10-16-4/h6-9H,5,10H2,1-4H3. The van der Waals surface area contributed by atoms with Crippen molar-refractivity contribution in [3.8, 4) is 5.75 Å². The highest BCUT2D eigenvalue weighted by Gasteiger charge is 2.17. The van der Waals surface area contributed by atoms with Crippen molar-refractivity contribution in [2.45, 2.75) is 32.6 Å². The zero-order valence-electron chi connectivity index (χ0n) is 10.9. The summed E-state index contributed by atoms with van der Waals surface area (Å²) in [6.45, 7) is 6.52. The molecule has 0 amide bonds. The van der Waals surface area contributed by atoms with Crippen LogP contribution in [0.3, 0.4) is 0 Å². The molecule has 0 heterocycles. The summed E-state index contributed by atoms with van der Waals surface area (Å²) in [5.74, 6) is 0.178. The van der Waals surface area contributed by atoms with E-state index >= 15 is 0 Å². The fraction of sp³-hybridized carbons (Fsp3) is 0.500. The van der Waals surface area contributed by atoms with Crippen LogP contribution in [0.4, 0.5) is 0 Å². The quantitative estimate of drug-likeness (QED) is 0.582. The van der Waals surface area contributed by atoms with E-state index in [1.165, 1.54) is 12.7 Å². The summed E-state index contributed by atoms with van der Waals surface area (Å²) >= 11 is 0. The minimum absolute atomic E-state index is 0.0256. The minimum Gasteiger partial charge on any atom is -0.425 e. The Kier molecular flexibility index (Phi) is 4.70. The van der Waals surface area contributed by atoms with Gasteiger partial charge in [-0.2, -0.15) is 0 Å². The van der Waals surface area contributed by atoms with E-state index in [1.807, 2.05) is 24.3 Å². The van der Waals surface area contributed by atoms with Crippen molar-refractivity contribution in [3.63, 3.8) is 0 Å². The molecule has 3 heteroatoms. The Bertz CT molecular complexity index is 366. The first-order chi connectivity index (χ1) is 7.99. The summed E-state index contributed by atoms with van der Waals surface area (Å²) < 4.78 is 9.79. The maximum absolute atomic E-state index is 11.2. The molecule has 3 nitrogen and oxygen atoms in total. The molecule has 1 aromatic rings. The average Bonchev–Trinajstić information content (AvgIpc) is 2.30. The number of carbonyl (C=O) groups is 1. The van der Waals surface area contributed by atoms with Crippen LogP contribution in [0.1, 0.15) is 32.8 Å². The Morgan fingerprint density at radius 2 is 1.82 bits per heavy atom. The summed E-state index contributed by atoms with van der Waals surface area (Å²) in [7, 11) is 1.47. The largest absolute Gasteiger partial charge is 0.425 e. The van der Waals surface area contributed by atoms with E-state index in [-0.39, 0.29) is 18.0 Å². The molecule has 0 saturated heterocycles. The molecule has 17 heavy (non-hydrogen) atoms. The molecular weight excluding hydrogens is 216 g/mol. The summed E-state index contributed by atoms with van der Waals surface area (Å²) in [5, 5.41) is 0. The highest BCUT2D eigenvalue weighted by Crippen LogP contribution is 2.27. The number of hydrogen-bond acceptors (Lipinski definition) is 3. The highest BCUT2D eigenvalue weighted by atomic mass is 16.6. The van der Waals surface area contributed by atoms with Crippen molar-refractivity contribution < 1.29 is 14.3 Å². The van der Waals surface area contributed by atoms with Crippen LogP contribution in [0, 0.1) is 0 Å². The van der Waals surface area contributed by atoms with Crippen molar-refractivity contribution in [1.82, 2.24) is 0 Å². The number of hydrogen-bond donors (Lipinski definition) is 0. The van der Waals surface area contributed by atoms with Crippen LogP contribution in [-0.2, 0) is 14.9 Å². The Morgan fingerprint density at radius 3 is 2.29 bits per heavy atom. The Labute approximate surface area is 103 Å². The Hall–Kier alpha value is -1.35. The molecule has 94 valence electrons. The minimum atomic E-state index is -0.380. The molecule has 0 aliphatic rings.